The van der Waals surface area contributed by atoms with Gasteiger partial charge in [-0.05, 0) is 25.5 Å². The molecule has 76 valence electrons. The van der Waals surface area contributed by atoms with E-state index in [1.54, 1.807) is 26.0 Å². The first-order chi connectivity index (χ1) is 6.52. The summed E-state index contributed by atoms with van der Waals surface area (Å²) in [6.07, 6.45) is 0. The number of carbonyl (C=O) groups excluding carboxylic acids is 1. The molecule has 1 aromatic carbocycles. The highest BCUT2D eigenvalue weighted by Gasteiger charge is 2.12. The lowest BCUT2D eigenvalue weighted by atomic mass is 10.2. The summed E-state index contributed by atoms with van der Waals surface area (Å²) in [5.41, 5.74) is 0.936. The third-order valence-electron chi connectivity index (χ3n) is 1.85. The number of para-hydroxylation sites is 1. The van der Waals surface area contributed by atoms with E-state index >= 15 is 0 Å². The molecule has 1 rings (SSSR count). The van der Waals surface area contributed by atoms with Gasteiger partial charge in [-0.25, -0.2) is 4.39 Å². The van der Waals surface area contributed by atoms with Crippen LogP contribution in [0.4, 0.5) is 10.1 Å². The average molecular weight is 213 g/mol. The van der Waals surface area contributed by atoms with E-state index < -0.39 is 11.1 Å². The van der Waals surface area contributed by atoms with Crippen molar-refractivity contribution in [2.45, 2.75) is 19.1 Å². The number of aryl methyl sites for hydroxylation is 1. The average Bonchev–Trinajstić information content (AvgIpc) is 2.11. The number of anilines is 1. The van der Waals surface area contributed by atoms with E-state index in [1.165, 1.54) is 6.07 Å². The van der Waals surface area contributed by atoms with Gasteiger partial charge in [0.25, 0.3) is 0 Å². The molecule has 1 atom stereocenters. The van der Waals surface area contributed by atoms with Crippen LogP contribution in [0.15, 0.2) is 18.2 Å². The summed E-state index contributed by atoms with van der Waals surface area (Å²) in [5, 5.41) is 2.04. The monoisotopic (exact) mass is 213 g/mol. The maximum absolute atomic E-state index is 13.2. The van der Waals surface area contributed by atoms with Crippen molar-refractivity contribution >= 4 is 24.2 Å². The summed E-state index contributed by atoms with van der Waals surface area (Å²) >= 11 is 3.96. The van der Waals surface area contributed by atoms with Crippen molar-refractivity contribution in [1.82, 2.24) is 0 Å². The summed E-state index contributed by atoms with van der Waals surface area (Å²) < 4.78 is 13.2. The van der Waals surface area contributed by atoms with Crippen LogP contribution in [0.5, 0.6) is 0 Å². The van der Waals surface area contributed by atoms with Crippen LogP contribution in [-0.4, -0.2) is 11.2 Å². The van der Waals surface area contributed by atoms with Crippen molar-refractivity contribution < 1.29 is 9.18 Å². The topological polar surface area (TPSA) is 29.1 Å². The zero-order valence-electron chi connectivity index (χ0n) is 8.04. The van der Waals surface area contributed by atoms with Crippen molar-refractivity contribution in [3.05, 3.63) is 29.6 Å². The Bertz CT molecular complexity index is 332. The molecule has 14 heavy (non-hydrogen) atoms. The molecule has 2 nitrogen and oxygen atoms in total. The Morgan fingerprint density at radius 1 is 1.57 bits per heavy atom. The molecule has 0 spiro atoms. The molecule has 0 saturated carbocycles. The molecule has 1 unspecified atom stereocenters. The van der Waals surface area contributed by atoms with Gasteiger partial charge in [0.15, 0.2) is 0 Å². The lowest BCUT2D eigenvalue weighted by Gasteiger charge is -2.10. The molecule has 0 aliphatic rings. The molecule has 0 saturated heterocycles. The van der Waals surface area contributed by atoms with Crippen molar-refractivity contribution in [2.75, 3.05) is 5.32 Å². The first-order valence-electron chi connectivity index (χ1n) is 4.26. The molecule has 0 bridgehead atoms. The highest BCUT2D eigenvalue weighted by Crippen LogP contribution is 2.19. The maximum atomic E-state index is 13.2. The molecule has 0 heterocycles. The Morgan fingerprint density at radius 3 is 2.71 bits per heavy atom. The van der Waals surface area contributed by atoms with Gasteiger partial charge in [0.2, 0.25) is 5.91 Å². The number of hydrogen-bond acceptors (Lipinski definition) is 2. The van der Waals surface area contributed by atoms with Gasteiger partial charge >= 0.3 is 0 Å². The van der Waals surface area contributed by atoms with E-state index in [0.717, 1.165) is 0 Å². The van der Waals surface area contributed by atoms with Crippen LogP contribution in [0.1, 0.15) is 12.5 Å². The molecule has 4 heteroatoms. The lowest BCUT2D eigenvalue weighted by Crippen LogP contribution is -2.21. The molecule has 1 aromatic rings. The summed E-state index contributed by atoms with van der Waals surface area (Å²) in [6, 6.07) is 4.65. The summed E-state index contributed by atoms with van der Waals surface area (Å²) in [5.74, 6) is -0.728. The molecule has 0 radical (unpaired) electrons. The molecular weight excluding hydrogens is 201 g/mol. The fourth-order valence-electron chi connectivity index (χ4n) is 1.02. The lowest BCUT2D eigenvalue weighted by molar-refractivity contribution is -0.115. The Hall–Kier alpha value is -1.03. The Balaban J connectivity index is 2.91. The second kappa shape index (κ2) is 4.46. The number of nitrogens with one attached hydrogen (secondary N) is 1. The smallest absolute Gasteiger partial charge is 0.237 e. The summed E-state index contributed by atoms with van der Waals surface area (Å²) in [4.78, 5) is 11.3. The van der Waals surface area contributed by atoms with Crippen molar-refractivity contribution in [2.24, 2.45) is 0 Å². The predicted molar refractivity (Wildman–Crippen MR) is 58.2 cm³/mol. The molecular formula is C10H12FNOS. The van der Waals surface area contributed by atoms with E-state index in [-0.39, 0.29) is 11.6 Å². The molecule has 1 N–H and O–H groups in total. The summed E-state index contributed by atoms with van der Waals surface area (Å²) in [7, 11) is 0. The van der Waals surface area contributed by atoms with Crippen molar-refractivity contribution in [1.29, 1.82) is 0 Å². The first kappa shape index (κ1) is 11.0. The first-order valence-corrected chi connectivity index (χ1v) is 4.78. The van der Waals surface area contributed by atoms with Crippen LogP contribution >= 0.6 is 12.6 Å². The number of hydrogen-bond donors (Lipinski definition) is 2. The van der Waals surface area contributed by atoms with E-state index in [4.69, 9.17) is 0 Å². The van der Waals surface area contributed by atoms with Gasteiger partial charge in [0.05, 0.1) is 10.9 Å². The largest absolute Gasteiger partial charge is 0.322 e. The highest BCUT2D eigenvalue weighted by atomic mass is 32.1. The fourth-order valence-corrected chi connectivity index (χ4v) is 1.08. The van der Waals surface area contributed by atoms with Crippen LogP contribution in [0.25, 0.3) is 0 Å². The summed E-state index contributed by atoms with van der Waals surface area (Å²) in [6.45, 7) is 3.37. The van der Waals surface area contributed by atoms with Crippen LogP contribution < -0.4 is 5.32 Å². The van der Waals surface area contributed by atoms with E-state index in [1.807, 2.05) is 0 Å². The molecule has 0 aromatic heterocycles. The number of rotatable bonds is 2. The maximum Gasteiger partial charge on any atom is 0.237 e. The second-order valence-corrected chi connectivity index (χ2v) is 3.87. The van der Waals surface area contributed by atoms with Crippen LogP contribution in [0, 0.1) is 12.7 Å². The van der Waals surface area contributed by atoms with Crippen molar-refractivity contribution in [3.63, 3.8) is 0 Å². The number of benzene rings is 1. The Kier molecular flexibility index (Phi) is 3.52. The SMILES string of the molecule is Cc1cccc(F)c1NC(=O)C(C)S. The minimum atomic E-state index is -0.450. The Morgan fingerprint density at radius 2 is 2.21 bits per heavy atom. The number of amides is 1. The van der Waals surface area contributed by atoms with Gasteiger partial charge in [-0.3, -0.25) is 4.79 Å². The predicted octanol–water partition coefficient (Wildman–Crippen LogP) is 2.39. The standard InChI is InChI=1S/C10H12FNOS/c1-6-4-3-5-8(11)9(6)12-10(13)7(2)14/h3-5,7,14H,1-2H3,(H,12,13). The third-order valence-corrected chi connectivity index (χ3v) is 2.08. The van der Waals surface area contributed by atoms with Gasteiger partial charge in [0, 0.05) is 0 Å². The van der Waals surface area contributed by atoms with Crippen LogP contribution in [0.2, 0.25) is 0 Å². The third kappa shape index (κ3) is 2.48. The quantitative estimate of drug-likeness (QED) is 0.726. The van der Waals surface area contributed by atoms with Crippen molar-refractivity contribution in [3.8, 4) is 0 Å². The van der Waals surface area contributed by atoms with Gasteiger partial charge in [0.1, 0.15) is 5.82 Å². The highest BCUT2D eigenvalue weighted by molar-refractivity contribution is 7.81. The van der Waals surface area contributed by atoms with Gasteiger partial charge in [-0.15, -0.1) is 0 Å². The minimum Gasteiger partial charge on any atom is -0.322 e. The Labute approximate surface area is 87.9 Å². The van der Waals surface area contributed by atoms with Crippen LogP contribution in [0.3, 0.4) is 0 Å². The normalized spacial score (nSPS) is 12.3. The molecule has 0 aliphatic carbocycles. The molecule has 1 amide bonds. The van der Waals surface area contributed by atoms with Gasteiger partial charge in [-0.1, -0.05) is 12.1 Å². The second-order valence-electron chi connectivity index (χ2n) is 3.10. The number of carbonyl (C=O) groups is 1. The van der Waals surface area contributed by atoms with Crippen LogP contribution in [-0.2, 0) is 4.79 Å². The minimum absolute atomic E-state index is 0.235. The van der Waals surface area contributed by atoms with E-state index in [9.17, 15) is 9.18 Å². The van der Waals surface area contributed by atoms with Gasteiger partial charge in [-0.2, -0.15) is 12.6 Å². The zero-order chi connectivity index (χ0) is 10.7. The van der Waals surface area contributed by atoms with E-state index in [2.05, 4.69) is 17.9 Å². The molecule has 0 fully saturated rings. The zero-order valence-corrected chi connectivity index (χ0v) is 8.94. The molecule has 0 aliphatic heterocycles. The number of halogens is 1. The van der Waals surface area contributed by atoms with Gasteiger partial charge < -0.3 is 5.32 Å². The van der Waals surface area contributed by atoms with E-state index in [0.29, 0.717) is 5.56 Å². The fraction of sp³-hybridized carbons (Fsp3) is 0.300. The number of thiol groups is 1.